The van der Waals surface area contributed by atoms with Crippen molar-refractivity contribution in [3.8, 4) is 0 Å². The fraction of sp³-hybridized carbons (Fsp3) is 0.562. The van der Waals surface area contributed by atoms with E-state index < -0.39 is 34.4 Å². The second-order valence-electron chi connectivity index (χ2n) is 6.86. The molecule has 0 aliphatic carbocycles. The van der Waals surface area contributed by atoms with Crippen molar-refractivity contribution in [2.45, 2.75) is 56.2 Å². The summed E-state index contributed by atoms with van der Waals surface area (Å²) in [5, 5.41) is 23.7. The lowest BCUT2D eigenvalue weighted by Gasteiger charge is -2.21. The smallest absolute Gasteiger partial charge is 0.206 e. The Morgan fingerprint density at radius 1 is 1.31 bits per heavy atom. The Hall–Kier alpha value is -1.39. The standard InChI is InChI=1S/C16H22ClN3O5S/c1-7(2)18-16-19-10-5-9(17)12(26(4,23)24)6-11(10)20(16)15-14(22)13(21)8(3)25-15/h5-8,13-15,21-22H,1-4H3,(H,18,19)/t8-,13-,14-,15-/m1/s1. The fourth-order valence-electron chi connectivity index (χ4n) is 3.04. The van der Waals surface area contributed by atoms with Gasteiger partial charge >= 0.3 is 0 Å². The van der Waals surface area contributed by atoms with E-state index in [2.05, 4.69) is 10.3 Å². The normalized spacial score (nSPS) is 26.8. The maximum atomic E-state index is 12.0. The molecule has 0 bridgehead atoms. The van der Waals surface area contributed by atoms with Crippen LogP contribution in [0.15, 0.2) is 17.0 Å². The van der Waals surface area contributed by atoms with Gasteiger partial charge in [-0.3, -0.25) is 4.57 Å². The van der Waals surface area contributed by atoms with Crippen molar-refractivity contribution < 1.29 is 23.4 Å². The summed E-state index contributed by atoms with van der Waals surface area (Å²) in [6, 6.07) is 2.91. The Kier molecular flexibility index (Phi) is 4.95. The second kappa shape index (κ2) is 6.65. The van der Waals surface area contributed by atoms with Crippen LogP contribution in [0.4, 0.5) is 5.95 Å². The monoisotopic (exact) mass is 403 g/mol. The van der Waals surface area contributed by atoms with Crippen molar-refractivity contribution in [3.05, 3.63) is 17.2 Å². The number of aliphatic hydroxyl groups is 2. The van der Waals surface area contributed by atoms with Gasteiger partial charge in [-0.1, -0.05) is 11.6 Å². The quantitative estimate of drug-likeness (QED) is 0.709. The fourth-order valence-corrected chi connectivity index (χ4v) is 4.36. The highest BCUT2D eigenvalue weighted by Gasteiger charge is 2.43. The number of imidazole rings is 1. The average molecular weight is 404 g/mol. The SMILES string of the molecule is CC(C)Nc1nc2cc(Cl)c(S(C)(=O)=O)cc2n1[C@@H]1O[C@H](C)[C@@H](O)[C@H]1O. The third kappa shape index (κ3) is 3.29. The van der Waals surface area contributed by atoms with Gasteiger partial charge in [-0.15, -0.1) is 0 Å². The number of sulfone groups is 1. The van der Waals surface area contributed by atoms with Crippen molar-refractivity contribution in [2.75, 3.05) is 11.6 Å². The molecule has 2 aromatic rings. The van der Waals surface area contributed by atoms with Gasteiger partial charge in [0.05, 0.1) is 27.1 Å². The van der Waals surface area contributed by atoms with Gasteiger partial charge in [0.2, 0.25) is 5.95 Å². The second-order valence-corrected chi connectivity index (χ2v) is 9.25. The van der Waals surface area contributed by atoms with Gasteiger partial charge in [-0.25, -0.2) is 13.4 Å². The molecule has 1 aromatic carbocycles. The molecule has 8 nitrogen and oxygen atoms in total. The van der Waals surface area contributed by atoms with Crippen LogP contribution >= 0.6 is 11.6 Å². The summed E-state index contributed by atoms with van der Waals surface area (Å²) in [5.74, 6) is 0.391. The zero-order chi connectivity index (χ0) is 19.4. The van der Waals surface area contributed by atoms with Gasteiger partial charge in [0, 0.05) is 12.3 Å². The number of nitrogens with zero attached hydrogens (tertiary/aromatic N) is 2. The van der Waals surface area contributed by atoms with Crippen LogP contribution in [-0.4, -0.2) is 58.8 Å². The largest absolute Gasteiger partial charge is 0.388 e. The highest BCUT2D eigenvalue weighted by molar-refractivity contribution is 7.90. The summed E-state index contributed by atoms with van der Waals surface area (Å²) in [4.78, 5) is 4.43. The summed E-state index contributed by atoms with van der Waals surface area (Å²) in [6.45, 7) is 5.49. The highest BCUT2D eigenvalue weighted by atomic mass is 35.5. The number of anilines is 1. The first-order valence-corrected chi connectivity index (χ1v) is 10.5. The topological polar surface area (TPSA) is 114 Å². The molecule has 1 aliphatic heterocycles. The van der Waals surface area contributed by atoms with E-state index in [0.29, 0.717) is 17.0 Å². The number of ether oxygens (including phenoxy) is 1. The molecular formula is C16H22ClN3O5S. The van der Waals surface area contributed by atoms with Gasteiger partial charge < -0.3 is 20.3 Å². The minimum absolute atomic E-state index is 0.0244. The Morgan fingerprint density at radius 2 is 1.96 bits per heavy atom. The number of hydrogen-bond acceptors (Lipinski definition) is 7. The lowest BCUT2D eigenvalue weighted by molar-refractivity contribution is -0.0284. The predicted octanol–water partition coefficient (Wildman–Crippen LogP) is 1.55. The highest BCUT2D eigenvalue weighted by Crippen LogP contribution is 2.37. The van der Waals surface area contributed by atoms with E-state index in [1.807, 2.05) is 13.8 Å². The first-order chi connectivity index (χ1) is 12.0. The predicted molar refractivity (Wildman–Crippen MR) is 98.2 cm³/mol. The minimum Gasteiger partial charge on any atom is -0.388 e. The van der Waals surface area contributed by atoms with Crippen molar-refractivity contribution in [2.24, 2.45) is 0 Å². The van der Waals surface area contributed by atoms with E-state index >= 15 is 0 Å². The van der Waals surface area contributed by atoms with Crippen LogP contribution in [0, 0.1) is 0 Å². The summed E-state index contributed by atoms with van der Waals surface area (Å²) in [5.41, 5.74) is 0.888. The lowest BCUT2D eigenvalue weighted by atomic mass is 10.1. The van der Waals surface area contributed by atoms with Crippen LogP contribution in [0.2, 0.25) is 5.02 Å². The molecule has 10 heteroatoms. The number of fused-ring (bicyclic) bond motifs is 1. The van der Waals surface area contributed by atoms with Crippen LogP contribution in [0.5, 0.6) is 0 Å². The minimum atomic E-state index is -3.56. The third-order valence-electron chi connectivity index (χ3n) is 4.29. The zero-order valence-electron chi connectivity index (χ0n) is 14.8. The molecule has 0 unspecified atom stereocenters. The van der Waals surface area contributed by atoms with E-state index in [-0.39, 0.29) is 16.0 Å². The maximum absolute atomic E-state index is 12.0. The number of benzene rings is 1. The van der Waals surface area contributed by atoms with Crippen LogP contribution in [-0.2, 0) is 14.6 Å². The van der Waals surface area contributed by atoms with Crippen LogP contribution < -0.4 is 5.32 Å². The Labute approximate surface area is 156 Å². The lowest BCUT2D eigenvalue weighted by Crippen LogP contribution is -2.31. The molecule has 1 fully saturated rings. The molecule has 1 saturated heterocycles. The molecule has 26 heavy (non-hydrogen) atoms. The molecular weight excluding hydrogens is 382 g/mol. The van der Waals surface area contributed by atoms with Gasteiger partial charge in [0.15, 0.2) is 16.1 Å². The van der Waals surface area contributed by atoms with Gasteiger partial charge in [-0.05, 0) is 32.9 Å². The first kappa shape index (κ1) is 19.4. The number of halogens is 1. The molecule has 3 N–H and O–H groups in total. The summed E-state index contributed by atoms with van der Waals surface area (Å²) < 4.78 is 31.3. The molecule has 4 atom stereocenters. The van der Waals surface area contributed by atoms with Crippen molar-refractivity contribution in [1.29, 1.82) is 0 Å². The van der Waals surface area contributed by atoms with Crippen molar-refractivity contribution in [3.63, 3.8) is 0 Å². The van der Waals surface area contributed by atoms with E-state index in [1.165, 1.54) is 12.1 Å². The van der Waals surface area contributed by atoms with E-state index in [9.17, 15) is 18.6 Å². The van der Waals surface area contributed by atoms with Crippen molar-refractivity contribution in [1.82, 2.24) is 9.55 Å². The van der Waals surface area contributed by atoms with E-state index in [4.69, 9.17) is 16.3 Å². The number of aromatic nitrogens is 2. The van der Waals surface area contributed by atoms with E-state index in [1.54, 1.807) is 11.5 Å². The summed E-state index contributed by atoms with van der Waals surface area (Å²) >= 11 is 6.12. The molecule has 0 spiro atoms. The molecule has 0 radical (unpaired) electrons. The Balaban J connectivity index is 2.27. The number of aliphatic hydroxyl groups excluding tert-OH is 2. The maximum Gasteiger partial charge on any atom is 0.206 e. The number of hydrogen-bond donors (Lipinski definition) is 3. The third-order valence-corrected chi connectivity index (χ3v) is 5.85. The first-order valence-electron chi connectivity index (χ1n) is 8.20. The zero-order valence-corrected chi connectivity index (χ0v) is 16.4. The molecule has 1 aromatic heterocycles. The van der Waals surface area contributed by atoms with Crippen LogP contribution in [0.25, 0.3) is 11.0 Å². The number of nitrogens with one attached hydrogen (secondary N) is 1. The molecule has 3 rings (SSSR count). The number of rotatable bonds is 4. The van der Waals surface area contributed by atoms with Gasteiger partial charge in [0.25, 0.3) is 0 Å². The van der Waals surface area contributed by atoms with Gasteiger partial charge in [-0.2, -0.15) is 0 Å². The Bertz CT molecular complexity index is 943. The summed E-state index contributed by atoms with van der Waals surface area (Å²) in [7, 11) is -3.56. The van der Waals surface area contributed by atoms with Crippen LogP contribution in [0.1, 0.15) is 27.0 Å². The van der Waals surface area contributed by atoms with E-state index in [0.717, 1.165) is 6.26 Å². The molecule has 144 valence electrons. The molecule has 0 saturated carbocycles. The molecule has 2 heterocycles. The molecule has 1 aliphatic rings. The van der Waals surface area contributed by atoms with Crippen molar-refractivity contribution >= 4 is 38.4 Å². The average Bonchev–Trinajstić information content (AvgIpc) is 2.96. The summed E-state index contributed by atoms with van der Waals surface area (Å²) in [6.07, 6.45) is -2.68. The van der Waals surface area contributed by atoms with Gasteiger partial charge in [0.1, 0.15) is 12.2 Å². The van der Waals surface area contributed by atoms with Crippen LogP contribution in [0.3, 0.4) is 0 Å². The molecule has 0 amide bonds. The Morgan fingerprint density at radius 3 is 2.46 bits per heavy atom.